The number of carbonyl (C=O) groups is 2. The van der Waals surface area contributed by atoms with E-state index in [-0.39, 0.29) is 30.6 Å². The maximum Gasteiger partial charge on any atom is 0.410 e. The lowest BCUT2D eigenvalue weighted by Gasteiger charge is -2.46. The summed E-state index contributed by atoms with van der Waals surface area (Å²) in [7, 11) is 0. The molecule has 2 aromatic rings. The summed E-state index contributed by atoms with van der Waals surface area (Å²) >= 11 is 0. The predicted molar refractivity (Wildman–Crippen MR) is 133 cm³/mol. The molecule has 0 bridgehead atoms. The fourth-order valence-corrected chi connectivity index (χ4v) is 4.57. The van der Waals surface area contributed by atoms with Gasteiger partial charge in [-0.1, -0.05) is 60.7 Å². The van der Waals surface area contributed by atoms with Gasteiger partial charge in [0, 0.05) is 25.7 Å². The number of amides is 1. The van der Waals surface area contributed by atoms with Gasteiger partial charge in [0.2, 0.25) is 0 Å². The molecule has 1 amide bonds. The number of hydrogen-bond acceptors (Lipinski definition) is 5. The van der Waals surface area contributed by atoms with Gasteiger partial charge in [-0.3, -0.25) is 9.69 Å². The summed E-state index contributed by atoms with van der Waals surface area (Å²) in [5, 5.41) is 0. The molecule has 3 rings (SSSR count). The second-order valence-corrected chi connectivity index (χ2v) is 9.84. The third kappa shape index (κ3) is 7.59. The summed E-state index contributed by atoms with van der Waals surface area (Å²) in [5.74, 6) is -0.285. The number of piperidine rings is 1. The van der Waals surface area contributed by atoms with Gasteiger partial charge in [0.25, 0.3) is 0 Å². The van der Waals surface area contributed by atoms with Crippen LogP contribution >= 0.6 is 0 Å². The van der Waals surface area contributed by atoms with E-state index in [1.54, 1.807) is 11.8 Å². The topological polar surface area (TPSA) is 59.1 Å². The Morgan fingerprint density at radius 2 is 1.53 bits per heavy atom. The lowest BCUT2D eigenvalue weighted by molar-refractivity contribution is -0.145. The third-order valence-corrected chi connectivity index (χ3v) is 5.98. The molecule has 2 atom stereocenters. The van der Waals surface area contributed by atoms with Crippen LogP contribution < -0.4 is 0 Å². The zero-order chi connectivity index (χ0) is 24.6. The molecule has 0 aliphatic carbocycles. The molecule has 1 fully saturated rings. The van der Waals surface area contributed by atoms with Gasteiger partial charge in [-0.2, -0.15) is 0 Å². The zero-order valence-electron chi connectivity index (χ0n) is 20.9. The first kappa shape index (κ1) is 25.8. The van der Waals surface area contributed by atoms with E-state index in [0.717, 1.165) is 25.9 Å². The lowest BCUT2D eigenvalue weighted by atomic mass is 9.91. The highest BCUT2D eigenvalue weighted by atomic mass is 16.6. The van der Waals surface area contributed by atoms with E-state index in [1.165, 1.54) is 11.1 Å². The van der Waals surface area contributed by atoms with Crippen molar-refractivity contribution in [3.8, 4) is 0 Å². The molecule has 6 nitrogen and oxygen atoms in total. The van der Waals surface area contributed by atoms with Crippen LogP contribution in [0.15, 0.2) is 60.7 Å². The second-order valence-electron chi connectivity index (χ2n) is 9.84. The SMILES string of the molecule is CCOC(=O)C[C@H]1[C@@H](N(Cc2ccccc2)Cc2ccccc2)CCCN1C(=O)OC(C)(C)C. The van der Waals surface area contributed by atoms with Gasteiger partial charge in [-0.25, -0.2) is 4.79 Å². The normalized spacial score (nSPS) is 18.6. The molecule has 0 spiro atoms. The molecule has 0 aromatic heterocycles. The first-order valence-electron chi connectivity index (χ1n) is 12.2. The van der Waals surface area contributed by atoms with E-state index in [9.17, 15) is 9.59 Å². The van der Waals surface area contributed by atoms with Gasteiger partial charge in [-0.05, 0) is 51.7 Å². The van der Waals surface area contributed by atoms with Crippen LogP contribution in [-0.4, -0.2) is 52.7 Å². The van der Waals surface area contributed by atoms with Crippen molar-refractivity contribution >= 4 is 12.1 Å². The zero-order valence-corrected chi connectivity index (χ0v) is 20.9. The largest absolute Gasteiger partial charge is 0.466 e. The summed E-state index contributed by atoms with van der Waals surface area (Å²) in [6, 6.07) is 20.3. The molecule has 0 radical (unpaired) electrons. The minimum atomic E-state index is -0.605. The van der Waals surface area contributed by atoms with Gasteiger partial charge < -0.3 is 14.4 Å². The number of hydrogen-bond donors (Lipinski definition) is 0. The molecule has 1 heterocycles. The number of likely N-dealkylation sites (tertiary alicyclic amines) is 1. The molecule has 1 aliphatic heterocycles. The van der Waals surface area contributed by atoms with Crippen molar-refractivity contribution in [3.05, 3.63) is 71.8 Å². The van der Waals surface area contributed by atoms with Crippen molar-refractivity contribution in [3.63, 3.8) is 0 Å². The first-order chi connectivity index (χ1) is 16.3. The van der Waals surface area contributed by atoms with Crippen LogP contribution in [0, 0.1) is 0 Å². The standard InChI is InChI=1S/C28H38N2O4/c1-5-33-26(31)19-25-24(17-12-18-30(25)27(32)34-28(2,3)4)29(20-22-13-8-6-9-14-22)21-23-15-10-7-11-16-23/h6-11,13-16,24-25H,5,12,17-21H2,1-4H3/t24-,25-/m0/s1. The second kappa shape index (κ2) is 12.0. The Morgan fingerprint density at radius 3 is 2.03 bits per heavy atom. The van der Waals surface area contributed by atoms with E-state index in [0.29, 0.717) is 13.2 Å². The molecule has 34 heavy (non-hydrogen) atoms. The van der Waals surface area contributed by atoms with Crippen molar-refractivity contribution in [2.45, 2.75) is 77.7 Å². The maximum atomic E-state index is 13.2. The summed E-state index contributed by atoms with van der Waals surface area (Å²) in [5.41, 5.74) is 1.79. The van der Waals surface area contributed by atoms with Crippen molar-refractivity contribution in [1.29, 1.82) is 0 Å². The summed E-state index contributed by atoms with van der Waals surface area (Å²) in [6.45, 7) is 9.74. The highest BCUT2D eigenvalue weighted by Gasteiger charge is 2.40. The number of ether oxygens (including phenoxy) is 2. The van der Waals surface area contributed by atoms with Crippen LogP contribution in [0.3, 0.4) is 0 Å². The molecular weight excluding hydrogens is 428 g/mol. The summed E-state index contributed by atoms with van der Waals surface area (Å²) in [6.07, 6.45) is 1.52. The van der Waals surface area contributed by atoms with E-state index in [1.807, 2.05) is 57.2 Å². The highest BCUT2D eigenvalue weighted by Crippen LogP contribution is 2.29. The van der Waals surface area contributed by atoms with Gasteiger partial charge in [0.15, 0.2) is 0 Å². The molecule has 2 aromatic carbocycles. The van der Waals surface area contributed by atoms with E-state index in [4.69, 9.17) is 9.47 Å². The molecular formula is C28H38N2O4. The molecule has 6 heteroatoms. The molecule has 0 unspecified atom stereocenters. The highest BCUT2D eigenvalue weighted by molar-refractivity contribution is 5.73. The number of rotatable bonds is 8. The predicted octanol–water partition coefficient (Wildman–Crippen LogP) is 5.41. The monoisotopic (exact) mass is 466 g/mol. The first-order valence-corrected chi connectivity index (χ1v) is 12.2. The Morgan fingerprint density at radius 1 is 0.971 bits per heavy atom. The molecule has 0 N–H and O–H groups in total. The van der Waals surface area contributed by atoms with Crippen molar-refractivity contribution in [1.82, 2.24) is 9.80 Å². The Labute approximate surface area is 203 Å². The fourth-order valence-electron chi connectivity index (χ4n) is 4.57. The number of esters is 1. The molecule has 0 saturated carbocycles. The molecule has 184 valence electrons. The fraction of sp³-hybridized carbons (Fsp3) is 0.500. The third-order valence-electron chi connectivity index (χ3n) is 5.98. The number of benzene rings is 2. The van der Waals surface area contributed by atoms with E-state index >= 15 is 0 Å². The average molecular weight is 467 g/mol. The van der Waals surface area contributed by atoms with Gasteiger partial charge >= 0.3 is 12.1 Å². The van der Waals surface area contributed by atoms with Gasteiger partial charge in [-0.15, -0.1) is 0 Å². The Bertz CT molecular complexity index is 870. The summed E-state index contributed by atoms with van der Waals surface area (Å²) in [4.78, 5) is 30.0. The van der Waals surface area contributed by atoms with Crippen LogP contribution in [0.1, 0.15) is 58.1 Å². The minimum Gasteiger partial charge on any atom is -0.466 e. The minimum absolute atomic E-state index is 0.00825. The summed E-state index contributed by atoms with van der Waals surface area (Å²) < 4.78 is 11.0. The smallest absolute Gasteiger partial charge is 0.410 e. The number of carbonyl (C=O) groups excluding carboxylic acids is 2. The van der Waals surface area contributed by atoms with E-state index < -0.39 is 5.60 Å². The van der Waals surface area contributed by atoms with Crippen LogP contribution in [0.4, 0.5) is 4.79 Å². The quantitative estimate of drug-likeness (QED) is 0.487. The van der Waals surface area contributed by atoms with Crippen LogP contribution in [0.25, 0.3) is 0 Å². The van der Waals surface area contributed by atoms with Crippen molar-refractivity contribution in [2.24, 2.45) is 0 Å². The number of nitrogens with zero attached hydrogens (tertiary/aromatic N) is 2. The maximum absolute atomic E-state index is 13.2. The van der Waals surface area contributed by atoms with Gasteiger partial charge in [0.05, 0.1) is 19.1 Å². The Hall–Kier alpha value is -2.86. The average Bonchev–Trinajstić information content (AvgIpc) is 2.79. The van der Waals surface area contributed by atoms with Crippen LogP contribution in [0.2, 0.25) is 0 Å². The van der Waals surface area contributed by atoms with Crippen LogP contribution in [0.5, 0.6) is 0 Å². The van der Waals surface area contributed by atoms with Crippen LogP contribution in [-0.2, 0) is 27.4 Å². The lowest BCUT2D eigenvalue weighted by Crippen LogP contribution is -2.58. The van der Waals surface area contributed by atoms with E-state index in [2.05, 4.69) is 29.2 Å². The van der Waals surface area contributed by atoms with Gasteiger partial charge in [0.1, 0.15) is 5.60 Å². The van der Waals surface area contributed by atoms with Crippen molar-refractivity contribution < 1.29 is 19.1 Å². The Kier molecular flexibility index (Phi) is 9.11. The van der Waals surface area contributed by atoms with Crippen molar-refractivity contribution in [2.75, 3.05) is 13.2 Å². The molecule has 1 aliphatic rings. The Balaban J connectivity index is 1.93. The molecule has 1 saturated heterocycles.